The van der Waals surface area contributed by atoms with Gasteiger partial charge in [0.1, 0.15) is 0 Å². The number of rotatable bonds is 5. The van der Waals surface area contributed by atoms with Crippen molar-refractivity contribution in [2.45, 2.75) is 65.0 Å². The molecule has 0 spiro atoms. The van der Waals surface area contributed by atoms with Crippen LogP contribution in [0.15, 0.2) is 18.2 Å². The Hall–Kier alpha value is -2.37. The maximum absolute atomic E-state index is 12.6. The second kappa shape index (κ2) is 8.11. The number of benzene rings is 1. The van der Waals surface area contributed by atoms with Gasteiger partial charge in [0.15, 0.2) is 0 Å². The molecule has 1 aliphatic heterocycles. The van der Waals surface area contributed by atoms with Gasteiger partial charge in [-0.2, -0.15) is 0 Å². The van der Waals surface area contributed by atoms with E-state index in [0.717, 1.165) is 18.4 Å². The quantitative estimate of drug-likeness (QED) is 0.835. The van der Waals surface area contributed by atoms with Gasteiger partial charge >= 0.3 is 0 Å². The molecule has 6 nitrogen and oxygen atoms in total. The molecule has 3 rings (SSSR count). The van der Waals surface area contributed by atoms with Crippen LogP contribution in [0.4, 0.5) is 5.69 Å². The highest BCUT2D eigenvalue weighted by atomic mass is 16.2. The van der Waals surface area contributed by atoms with Gasteiger partial charge in [-0.1, -0.05) is 12.8 Å². The molecule has 1 heterocycles. The summed E-state index contributed by atoms with van der Waals surface area (Å²) in [5.41, 5.74) is 2.14. The van der Waals surface area contributed by atoms with E-state index in [1.807, 2.05) is 20.8 Å². The first kappa shape index (κ1) is 19.4. The first-order valence-electron chi connectivity index (χ1n) is 9.87. The second-order valence-corrected chi connectivity index (χ2v) is 8.01. The van der Waals surface area contributed by atoms with Crippen molar-refractivity contribution in [3.8, 4) is 0 Å². The largest absolute Gasteiger partial charge is 0.349 e. The van der Waals surface area contributed by atoms with E-state index in [4.69, 9.17) is 0 Å². The van der Waals surface area contributed by atoms with Gasteiger partial charge in [0.2, 0.25) is 11.8 Å². The number of carbonyl (C=O) groups is 3. The standard InChI is InChI=1S/C21H29N3O3/c1-13(2)24-12-16(11-19(24)25)21(27)23-18-9-8-15(10-14(18)3)20(26)22-17-6-4-5-7-17/h8-10,13,16-17H,4-7,11-12H2,1-3H3,(H,22,26)(H,23,27). The second-order valence-electron chi connectivity index (χ2n) is 8.01. The molecule has 2 fully saturated rings. The van der Waals surface area contributed by atoms with Crippen molar-refractivity contribution in [2.75, 3.05) is 11.9 Å². The van der Waals surface area contributed by atoms with Gasteiger partial charge in [0.05, 0.1) is 5.92 Å². The normalized spacial score (nSPS) is 20.4. The predicted octanol–water partition coefficient (Wildman–Crippen LogP) is 2.86. The van der Waals surface area contributed by atoms with Crippen LogP contribution < -0.4 is 10.6 Å². The summed E-state index contributed by atoms with van der Waals surface area (Å²) < 4.78 is 0. The number of hydrogen-bond donors (Lipinski definition) is 2. The molecule has 0 bridgehead atoms. The van der Waals surface area contributed by atoms with Crippen LogP contribution in [0.3, 0.4) is 0 Å². The third-order valence-corrected chi connectivity index (χ3v) is 5.59. The Morgan fingerprint density at radius 2 is 1.89 bits per heavy atom. The minimum atomic E-state index is -0.329. The van der Waals surface area contributed by atoms with Crippen LogP contribution in [0.2, 0.25) is 0 Å². The molecule has 6 heteroatoms. The monoisotopic (exact) mass is 371 g/mol. The van der Waals surface area contributed by atoms with Crippen LogP contribution in [-0.2, 0) is 9.59 Å². The maximum atomic E-state index is 12.6. The highest BCUT2D eigenvalue weighted by molar-refractivity contribution is 5.99. The van der Waals surface area contributed by atoms with Gasteiger partial charge in [0.25, 0.3) is 5.91 Å². The van der Waals surface area contributed by atoms with E-state index in [-0.39, 0.29) is 42.1 Å². The lowest BCUT2D eigenvalue weighted by Gasteiger charge is -2.20. The molecule has 2 N–H and O–H groups in total. The third-order valence-electron chi connectivity index (χ3n) is 5.59. The SMILES string of the molecule is Cc1cc(C(=O)NC2CCCC2)ccc1NC(=O)C1CC(=O)N(C(C)C)C1. The van der Waals surface area contributed by atoms with E-state index >= 15 is 0 Å². The van der Waals surface area contributed by atoms with Crippen molar-refractivity contribution in [2.24, 2.45) is 5.92 Å². The molecular weight excluding hydrogens is 342 g/mol. The number of aryl methyl sites for hydroxylation is 1. The molecule has 1 aromatic carbocycles. The smallest absolute Gasteiger partial charge is 0.251 e. The van der Waals surface area contributed by atoms with Crippen molar-refractivity contribution in [1.29, 1.82) is 0 Å². The van der Waals surface area contributed by atoms with Gasteiger partial charge in [-0.25, -0.2) is 0 Å². The molecule has 0 aromatic heterocycles. The molecule has 146 valence electrons. The minimum absolute atomic E-state index is 0.0285. The van der Waals surface area contributed by atoms with E-state index in [2.05, 4.69) is 10.6 Å². The predicted molar refractivity (Wildman–Crippen MR) is 104 cm³/mol. The van der Waals surface area contributed by atoms with Gasteiger partial charge < -0.3 is 15.5 Å². The number of hydrogen-bond acceptors (Lipinski definition) is 3. The van der Waals surface area contributed by atoms with E-state index in [1.165, 1.54) is 12.8 Å². The molecule has 1 saturated heterocycles. The molecule has 1 aliphatic carbocycles. The first-order valence-corrected chi connectivity index (χ1v) is 9.87. The van der Waals surface area contributed by atoms with Gasteiger partial charge in [-0.3, -0.25) is 14.4 Å². The number of likely N-dealkylation sites (tertiary alicyclic amines) is 1. The van der Waals surface area contributed by atoms with Gasteiger partial charge in [-0.05, 0) is 57.4 Å². The zero-order chi connectivity index (χ0) is 19.6. The van der Waals surface area contributed by atoms with Gasteiger partial charge in [-0.15, -0.1) is 0 Å². The molecule has 27 heavy (non-hydrogen) atoms. The molecule has 1 atom stereocenters. The molecule has 1 saturated carbocycles. The fourth-order valence-electron chi connectivity index (χ4n) is 3.93. The lowest BCUT2D eigenvalue weighted by atomic mass is 10.1. The van der Waals surface area contributed by atoms with Crippen LogP contribution in [0.25, 0.3) is 0 Å². The topological polar surface area (TPSA) is 78.5 Å². The average Bonchev–Trinajstić information content (AvgIpc) is 3.26. The summed E-state index contributed by atoms with van der Waals surface area (Å²) in [6.07, 6.45) is 4.70. The Morgan fingerprint density at radius 1 is 1.19 bits per heavy atom. The van der Waals surface area contributed by atoms with Crippen molar-refractivity contribution in [3.05, 3.63) is 29.3 Å². The lowest BCUT2D eigenvalue weighted by molar-refractivity contribution is -0.129. The summed E-state index contributed by atoms with van der Waals surface area (Å²) in [6.45, 7) is 6.25. The number of nitrogens with one attached hydrogen (secondary N) is 2. The zero-order valence-electron chi connectivity index (χ0n) is 16.4. The van der Waals surface area contributed by atoms with Crippen molar-refractivity contribution in [3.63, 3.8) is 0 Å². The molecule has 3 amide bonds. The van der Waals surface area contributed by atoms with Crippen LogP contribution in [0.1, 0.15) is 61.9 Å². The third kappa shape index (κ3) is 4.49. The maximum Gasteiger partial charge on any atom is 0.251 e. The van der Waals surface area contributed by atoms with Crippen molar-refractivity contribution >= 4 is 23.4 Å². The summed E-state index contributed by atoms with van der Waals surface area (Å²) in [4.78, 5) is 38.7. The van der Waals surface area contributed by atoms with Crippen LogP contribution >= 0.6 is 0 Å². The van der Waals surface area contributed by atoms with Crippen molar-refractivity contribution < 1.29 is 14.4 Å². The minimum Gasteiger partial charge on any atom is -0.349 e. The Kier molecular flexibility index (Phi) is 5.82. The summed E-state index contributed by atoms with van der Waals surface area (Å²) in [5, 5.41) is 6.00. The molecule has 1 aromatic rings. The zero-order valence-corrected chi connectivity index (χ0v) is 16.4. The number of nitrogens with zero attached hydrogens (tertiary/aromatic N) is 1. The average molecular weight is 371 g/mol. The summed E-state index contributed by atoms with van der Waals surface area (Å²) in [7, 11) is 0. The van der Waals surface area contributed by atoms with Crippen LogP contribution in [0, 0.1) is 12.8 Å². The van der Waals surface area contributed by atoms with E-state index < -0.39 is 0 Å². The Balaban J connectivity index is 1.61. The Labute approximate surface area is 160 Å². The fourth-order valence-corrected chi connectivity index (χ4v) is 3.93. The molecular formula is C21H29N3O3. The van der Waals surface area contributed by atoms with Crippen LogP contribution in [-0.4, -0.2) is 41.2 Å². The highest BCUT2D eigenvalue weighted by Crippen LogP contribution is 2.24. The molecule has 0 radical (unpaired) electrons. The van der Waals surface area contributed by atoms with Gasteiger partial charge in [0, 0.05) is 36.3 Å². The molecule has 1 unspecified atom stereocenters. The summed E-state index contributed by atoms with van der Waals surface area (Å²) in [6, 6.07) is 5.71. The number of anilines is 1. The number of carbonyl (C=O) groups excluding carboxylic acids is 3. The van der Waals surface area contributed by atoms with Crippen LogP contribution in [0.5, 0.6) is 0 Å². The Morgan fingerprint density at radius 3 is 2.48 bits per heavy atom. The Bertz CT molecular complexity index is 738. The number of amides is 3. The summed E-state index contributed by atoms with van der Waals surface area (Å²) >= 11 is 0. The summed E-state index contributed by atoms with van der Waals surface area (Å²) in [5.74, 6) is -0.500. The first-order chi connectivity index (χ1) is 12.8. The highest BCUT2D eigenvalue weighted by Gasteiger charge is 2.35. The lowest BCUT2D eigenvalue weighted by Crippen LogP contribution is -2.33. The van der Waals surface area contributed by atoms with E-state index in [1.54, 1.807) is 23.1 Å². The fraction of sp³-hybridized carbons (Fsp3) is 0.571. The molecule has 2 aliphatic rings. The van der Waals surface area contributed by atoms with E-state index in [0.29, 0.717) is 17.8 Å². The van der Waals surface area contributed by atoms with E-state index in [9.17, 15) is 14.4 Å². The van der Waals surface area contributed by atoms with Crippen molar-refractivity contribution in [1.82, 2.24) is 10.2 Å².